The summed E-state index contributed by atoms with van der Waals surface area (Å²) < 4.78 is 25.9. The van der Waals surface area contributed by atoms with E-state index in [0.717, 1.165) is 36.2 Å². The molecule has 0 spiro atoms. The Kier molecular flexibility index (Phi) is 6.30. The van der Waals surface area contributed by atoms with Crippen LogP contribution in [0.3, 0.4) is 0 Å². The van der Waals surface area contributed by atoms with E-state index in [1.807, 2.05) is 49.4 Å². The number of aliphatic carboxylic acids is 1. The van der Waals surface area contributed by atoms with Gasteiger partial charge in [0.2, 0.25) is 0 Å². The molecule has 6 heteroatoms. The van der Waals surface area contributed by atoms with Crippen LogP contribution in [0.25, 0.3) is 11.1 Å². The lowest BCUT2D eigenvalue weighted by Gasteiger charge is -2.26. The Labute approximate surface area is 187 Å². The van der Waals surface area contributed by atoms with E-state index in [1.54, 1.807) is 19.2 Å². The summed E-state index contributed by atoms with van der Waals surface area (Å²) in [5.41, 5.74) is 3.01. The van der Waals surface area contributed by atoms with Crippen LogP contribution in [0.2, 0.25) is 0 Å². The molecule has 1 atom stereocenters. The van der Waals surface area contributed by atoms with Crippen LogP contribution in [0, 0.1) is 12.7 Å². The molecule has 1 heterocycles. The summed E-state index contributed by atoms with van der Waals surface area (Å²) in [6.45, 7) is 2.75. The first-order valence-corrected chi connectivity index (χ1v) is 10.7. The van der Waals surface area contributed by atoms with Gasteiger partial charge in [0.1, 0.15) is 23.1 Å². The fourth-order valence-corrected chi connectivity index (χ4v) is 4.28. The highest BCUT2D eigenvalue weighted by atomic mass is 19.1. The summed E-state index contributed by atoms with van der Waals surface area (Å²) in [5.74, 6) is 0.795. The number of carbonyl (C=O) groups is 1. The van der Waals surface area contributed by atoms with E-state index < -0.39 is 5.97 Å². The molecule has 0 amide bonds. The highest BCUT2D eigenvalue weighted by Crippen LogP contribution is 2.36. The van der Waals surface area contributed by atoms with Crippen molar-refractivity contribution in [1.82, 2.24) is 0 Å². The molecule has 0 bridgehead atoms. The second kappa shape index (κ2) is 9.30. The van der Waals surface area contributed by atoms with Crippen molar-refractivity contribution < 1.29 is 23.8 Å². The third-order valence-corrected chi connectivity index (χ3v) is 5.93. The fraction of sp³-hybridized carbons (Fsp3) is 0.269. The van der Waals surface area contributed by atoms with Crippen molar-refractivity contribution in [3.63, 3.8) is 0 Å². The third-order valence-electron chi connectivity index (χ3n) is 5.93. The molecule has 166 valence electrons. The summed E-state index contributed by atoms with van der Waals surface area (Å²) in [6, 6.07) is 17.9. The molecule has 1 saturated heterocycles. The van der Waals surface area contributed by atoms with Crippen molar-refractivity contribution >= 4 is 11.7 Å². The minimum Gasteiger partial charge on any atom is -0.497 e. The minimum atomic E-state index is -0.773. The van der Waals surface area contributed by atoms with Crippen LogP contribution in [-0.4, -0.2) is 30.8 Å². The molecule has 5 nitrogen and oxygen atoms in total. The summed E-state index contributed by atoms with van der Waals surface area (Å²) in [7, 11) is 1.55. The molecule has 3 aromatic carbocycles. The van der Waals surface area contributed by atoms with Crippen LogP contribution in [0.5, 0.6) is 17.2 Å². The summed E-state index contributed by atoms with van der Waals surface area (Å²) >= 11 is 0. The lowest BCUT2D eigenvalue weighted by Crippen LogP contribution is -2.31. The third kappa shape index (κ3) is 4.54. The van der Waals surface area contributed by atoms with Gasteiger partial charge in [-0.25, -0.2) is 4.39 Å². The first-order chi connectivity index (χ1) is 15.5. The molecular weight excluding hydrogens is 409 g/mol. The van der Waals surface area contributed by atoms with Gasteiger partial charge in [0, 0.05) is 23.8 Å². The number of hydrogen-bond acceptors (Lipinski definition) is 4. The van der Waals surface area contributed by atoms with Gasteiger partial charge >= 0.3 is 5.97 Å². The maximum Gasteiger partial charge on any atom is 0.305 e. The predicted molar refractivity (Wildman–Crippen MR) is 122 cm³/mol. The molecule has 1 aliphatic heterocycles. The van der Waals surface area contributed by atoms with Gasteiger partial charge in [0.25, 0.3) is 0 Å². The zero-order chi connectivity index (χ0) is 22.7. The number of anilines is 1. The zero-order valence-electron chi connectivity index (χ0n) is 18.2. The summed E-state index contributed by atoms with van der Waals surface area (Å²) in [6.07, 6.45) is 2.02. The number of hydrogen-bond donors (Lipinski definition) is 1. The molecular formula is C26H26FNO4. The Morgan fingerprint density at radius 1 is 1.09 bits per heavy atom. The number of benzene rings is 3. The molecule has 1 unspecified atom stereocenters. The van der Waals surface area contributed by atoms with Gasteiger partial charge in [-0.2, -0.15) is 0 Å². The van der Waals surface area contributed by atoms with Gasteiger partial charge in [0.15, 0.2) is 0 Å². The normalized spacial score (nSPS) is 15.6. The largest absolute Gasteiger partial charge is 0.497 e. The van der Waals surface area contributed by atoms with Crippen LogP contribution >= 0.6 is 0 Å². The fourth-order valence-electron chi connectivity index (χ4n) is 4.28. The maximum absolute atomic E-state index is 14.5. The van der Waals surface area contributed by atoms with Crippen LogP contribution in [0.1, 0.15) is 24.8 Å². The molecule has 1 aliphatic rings. The van der Waals surface area contributed by atoms with Gasteiger partial charge in [-0.3, -0.25) is 4.79 Å². The molecule has 0 saturated carbocycles. The van der Waals surface area contributed by atoms with Crippen molar-refractivity contribution in [2.24, 2.45) is 0 Å². The SMILES string of the molecule is COc1ccc(F)c(-c2cccc(Oc3ccc(N4CCCC4CC(=O)O)cc3)c2C)c1. The highest BCUT2D eigenvalue weighted by molar-refractivity contribution is 5.72. The Bertz CT molecular complexity index is 1110. The second-order valence-electron chi connectivity index (χ2n) is 7.96. The Balaban J connectivity index is 1.55. The molecule has 1 N–H and O–H groups in total. The van der Waals surface area contributed by atoms with Crippen molar-refractivity contribution in [3.05, 3.63) is 72.0 Å². The topological polar surface area (TPSA) is 59.0 Å². The molecule has 3 aromatic rings. The molecule has 32 heavy (non-hydrogen) atoms. The number of rotatable bonds is 7. The summed E-state index contributed by atoms with van der Waals surface area (Å²) in [4.78, 5) is 13.3. The van der Waals surface area contributed by atoms with Gasteiger partial charge in [-0.1, -0.05) is 12.1 Å². The quantitative estimate of drug-likeness (QED) is 0.490. The van der Waals surface area contributed by atoms with Crippen LogP contribution in [0.15, 0.2) is 60.7 Å². The van der Waals surface area contributed by atoms with Crippen molar-refractivity contribution in [1.29, 1.82) is 0 Å². The van der Waals surface area contributed by atoms with E-state index in [-0.39, 0.29) is 18.3 Å². The predicted octanol–water partition coefficient (Wildman–Crippen LogP) is 6.05. The number of nitrogens with zero attached hydrogens (tertiary/aromatic N) is 1. The van der Waals surface area contributed by atoms with Gasteiger partial charge in [-0.15, -0.1) is 0 Å². The number of methoxy groups -OCH3 is 1. The maximum atomic E-state index is 14.5. The smallest absolute Gasteiger partial charge is 0.305 e. The number of carboxylic acids is 1. The Hall–Kier alpha value is -3.54. The van der Waals surface area contributed by atoms with Crippen molar-refractivity contribution in [2.75, 3.05) is 18.6 Å². The minimum absolute atomic E-state index is 0.0240. The van der Waals surface area contributed by atoms with E-state index in [4.69, 9.17) is 14.6 Å². The average molecular weight is 435 g/mol. The molecule has 0 radical (unpaired) electrons. The Morgan fingerprint density at radius 3 is 2.56 bits per heavy atom. The van der Waals surface area contributed by atoms with Gasteiger partial charge in [-0.05, 0) is 79.4 Å². The van der Waals surface area contributed by atoms with Gasteiger partial charge < -0.3 is 19.5 Å². The first kappa shape index (κ1) is 21.7. The van der Waals surface area contributed by atoms with Crippen LogP contribution in [-0.2, 0) is 4.79 Å². The van der Waals surface area contributed by atoms with E-state index >= 15 is 0 Å². The molecule has 4 rings (SSSR count). The summed E-state index contributed by atoms with van der Waals surface area (Å²) in [5, 5.41) is 9.15. The number of carboxylic acid groups (broad SMARTS) is 1. The molecule has 1 fully saturated rings. The number of halogens is 1. The standard InChI is InChI=1S/C26H26FNO4/c1-17-22(23-16-21(31-2)12-13-24(23)27)6-3-7-25(17)32-20-10-8-18(9-11-20)28-14-4-5-19(28)15-26(29)30/h3,6-13,16,19H,4-5,14-15H2,1-2H3,(H,29,30). The first-order valence-electron chi connectivity index (χ1n) is 10.7. The van der Waals surface area contributed by atoms with Gasteiger partial charge in [0.05, 0.1) is 13.5 Å². The molecule has 0 aliphatic carbocycles. The Morgan fingerprint density at radius 2 is 1.84 bits per heavy atom. The molecule has 0 aromatic heterocycles. The van der Waals surface area contributed by atoms with E-state index in [9.17, 15) is 9.18 Å². The van der Waals surface area contributed by atoms with E-state index in [0.29, 0.717) is 22.8 Å². The zero-order valence-corrected chi connectivity index (χ0v) is 18.2. The van der Waals surface area contributed by atoms with E-state index in [1.165, 1.54) is 6.07 Å². The number of ether oxygens (including phenoxy) is 2. The lowest BCUT2D eigenvalue weighted by atomic mass is 9.99. The van der Waals surface area contributed by atoms with E-state index in [2.05, 4.69) is 4.90 Å². The van der Waals surface area contributed by atoms with Crippen molar-refractivity contribution in [3.8, 4) is 28.4 Å². The van der Waals surface area contributed by atoms with Crippen molar-refractivity contribution in [2.45, 2.75) is 32.2 Å². The average Bonchev–Trinajstić information content (AvgIpc) is 3.24. The van der Waals surface area contributed by atoms with Crippen LogP contribution in [0.4, 0.5) is 10.1 Å². The van der Waals surface area contributed by atoms with Crippen LogP contribution < -0.4 is 14.4 Å². The monoisotopic (exact) mass is 435 g/mol. The second-order valence-corrected chi connectivity index (χ2v) is 7.96. The lowest BCUT2D eigenvalue weighted by molar-refractivity contribution is -0.137. The highest BCUT2D eigenvalue weighted by Gasteiger charge is 2.26.